The minimum atomic E-state index is -0.146. The van der Waals surface area contributed by atoms with Crippen LogP contribution in [0.5, 0.6) is 0 Å². The molecule has 2 fully saturated rings. The van der Waals surface area contributed by atoms with E-state index < -0.39 is 0 Å². The van der Waals surface area contributed by atoms with Crippen LogP contribution in [0.2, 0.25) is 0 Å². The highest BCUT2D eigenvalue weighted by atomic mass is 16.2. The fourth-order valence-electron chi connectivity index (χ4n) is 3.32. The lowest BCUT2D eigenvalue weighted by atomic mass is 9.99. The minimum absolute atomic E-state index is 0.146. The lowest BCUT2D eigenvalue weighted by molar-refractivity contribution is -0.128. The van der Waals surface area contributed by atoms with Crippen LogP contribution >= 0.6 is 0 Å². The number of hydrogen-bond donors (Lipinski definition) is 2. The molecule has 2 N–H and O–H groups in total. The number of carbonyl (C=O) groups excluding carboxylic acids is 2. The van der Waals surface area contributed by atoms with Crippen molar-refractivity contribution in [3.8, 4) is 0 Å². The predicted molar refractivity (Wildman–Crippen MR) is 93.8 cm³/mol. The first-order chi connectivity index (χ1) is 11.5. The van der Waals surface area contributed by atoms with E-state index in [0.29, 0.717) is 25.6 Å². The summed E-state index contributed by atoms with van der Waals surface area (Å²) >= 11 is 0. The molecule has 0 bridgehead atoms. The number of rotatable bonds is 6. The van der Waals surface area contributed by atoms with E-state index in [1.165, 1.54) is 11.1 Å². The molecule has 1 aromatic rings. The summed E-state index contributed by atoms with van der Waals surface area (Å²) in [6.45, 7) is 6.15. The third-order valence-electron chi connectivity index (χ3n) is 4.96. The quantitative estimate of drug-likeness (QED) is 0.842. The lowest BCUT2D eigenvalue weighted by Crippen LogP contribution is -2.40. The van der Waals surface area contributed by atoms with Gasteiger partial charge in [-0.3, -0.25) is 4.79 Å². The van der Waals surface area contributed by atoms with E-state index in [2.05, 4.69) is 42.7 Å². The summed E-state index contributed by atoms with van der Waals surface area (Å²) in [5.41, 5.74) is 2.46. The van der Waals surface area contributed by atoms with E-state index in [4.69, 9.17) is 0 Å². The zero-order valence-electron chi connectivity index (χ0n) is 14.5. The molecule has 0 unspecified atom stereocenters. The Morgan fingerprint density at radius 3 is 2.83 bits per heavy atom. The second-order valence-corrected chi connectivity index (χ2v) is 7.25. The number of carbonyl (C=O) groups is 2. The van der Waals surface area contributed by atoms with Crippen molar-refractivity contribution in [3.05, 3.63) is 35.4 Å². The van der Waals surface area contributed by atoms with Crippen LogP contribution < -0.4 is 10.6 Å². The Morgan fingerprint density at radius 2 is 2.12 bits per heavy atom. The number of likely N-dealkylation sites (tertiary alicyclic amines) is 1. The van der Waals surface area contributed by atoms with Crippen molar-refractivity contribution in [3.63, 3.8) is 0 Å². The number of amides is 3. The van der Waals surface area contributed by atoms with Gasteiger partial charge in [-0.05, 0) is 31.2 Å². The van der Waals surface area contributed by atoms with Crippen molar-refractivity contribution in [2.75, 3.05) is 19.6 Å². The van der Waals surface area contributed by atoms with Gasteiger partial charge in [0.25, 0.3) is 0 Å². The van der Waals surface area contributed by atoms with E-state index in [1.54, 1.807) is 0 Å². The molecule has 2 atom stereocenters. The highest BCUT2D eigenvalue weighted by Gasteiger charge is 2.39. The monoisotopic (exact) mass is 329 g/mol. The van der Waals surface area contributed by atoms with E-state index >= 15 is 0 Å². The molecule has 0 spiro atoms. The van der Waals surface area contributed by atoms with Gasteiger partial charge in [-0.1, -0.05) is 36.8 Å². The Balaban J connectivity index is 1.37. The summed E-state index contributed by atoms with van der Waals surface area (Å²) in [6, 6.07) is 8.70. The van der Waals surface area contributed by atoms with Gasteiger partial charge in [0.05, 0.1) is 0 Å². The highest BCUT2D eigenvalue weighted by molar-refractivity contribution is 5.79. The van der Waals surface area contributed by atoms with Crippen molar-refractivity contribution < 1.29 is 9.59 Å². The predicted octanol–water partition coefficient (Wildman–Crippen LogP) is 2.41. The van der Waals surface area contributed by atoms with Crippen molar-refractivity contribution in [2.24, 2.45) is 5.92 Å². The average molecular weight is 329 g/mol. The van der Waals surface area contributed by atoms with Crippen LogP contribution in [-0.2, 0) is 4.79 Å². The summed E-state index contributed by atoms with van der Waals surface area (Å²) in [4.78, 5) is 25.9. The van der Waals surface area contributed by atoms with Crippen LogP contribution in [0.25, 0.3) is 0 Å². The Labute approximate surface area is 143 Å². The van der Waals surface area contributed by atoms with Gasteiger partial charge in [0.15, 0.2) is 0 Å². The fraction of sp³-hybridized carbons (Fsp3) is 0.579. The van der Waals surface area contributed by atoms with Gasteiger partial charge in [0, 0.05) is 38.0 Å². The van der Waals surface area contributed by atoms with Gasteiger partial charge in [-0.15, -0.1) is 0 Å². The van der Waals surface area contributed by atoms with Crippen LogP contribution in [-0.4, -0.2) is 42.5 Å². The molecule has 1 heterocycles. The minimum Gasteiger partial charge on any atom is -0.339 e. The molecule has 3 rings (SSSR count). The largest absolute Gasteiger partial charge is 0.339 e. The molecule has 1 saturated carbocycles. The normalized spacial score (nSPS) is 21.7. The fourth-order valence-corrected chi connectivity index (χ4v) is 3.32. The number of aryl methyl sites for hydroxylation is 1. The van der Waals surface area contributed by atoms with Crippen LogP contribution in [0.15, 0.2) is 24.3 Å². The second-order valence-electron chi connectivity index (χ2n) is 7.25. The molecular formula is C19H27N3O2. The van der Waals surface area contributed by atoms with Crippen molar-refractivity contribution in [1.29, 1.82) is 0 Å². The third-order valence-corrected chi connectivity index (χ3v) is 4.96. The van der Waals surface area contributed by atoms with Crippen molar-refractivity contribution in [2.45, 2.75) is 45.1 Å². The number of nitrogens with zero attached hydrogens (tertiary/aromatic N) is 1. The molecule has 24 heavy (non-hydrogen) atoms. The summed E-state index contributed by atoms with van der Waals surface area (Å²) in [6.07, 6.45) is 2.85. The standard InChI is InChI=1S/C19H27N3O2/c1-13-4-3-5-16(8-13)14(2)10-20-19(24)21-11-15-9-18(23)22(12-15)17-6-7-17/h3-5,8,14-15,17H,6-7,9-12H2,1-2H3,(H2,20,21,24)/t14-,15-/m0/s1. The Kier molecular flexibility index (Phi) is 5.07. The number of nitrogens with one attached hydrogen (secondary N) is 2. The van der Waals surface area contributed by atoms with Crippen LogP contribution in [0.1, 0.15) is 43.2 Å². The molecule has 5 nitrogen and oxygen atoms in total. The summed E-state index contributed by atoms with van der Waals surface area (Å²) in [5, 5.41) is 5.85. The summed E-state index contributed by atoms with van der Waals surface area (Å²) < 4.78 is 0. The molecule has 1 aliphatic carbocycles. The Morgan fingerprint density at radius 1 is 1.33 bits per heavy atom. The molecule has 130 valence electrons. The van der Waals surface area contributed by atoms with Gasteiger partial charge in [0.2, 0.25) is 5.91 Å². The maximum Gasteiger partial charge on any atom is 0.314 e. The van der Waals surface area contributed by atoms with E-state index in [1.807, 2.05) is 11.0 Å². The highest BCUT2D eigenvalue weighted by Crippen LogP contribution is 2.32. The smallest absolute Gasteiger partial charge is 0.314 e. The SMILES string of the molecule is Cc1cccc([C@@H](C)CNC(=O)NC[C@@H]2CC(=O)N(C3CC3)C2)c1. The second kappa shape index (κ2) is 7.24. The topological polar surface area (TPSA) is 61.4 Å². The van der Waals surface area contributed by atoms with Gasteiger partial charge in [-0.25, -0.2) is 4.79 Å². The summed E-state index contributed by atoms with van der Waals surface area (Å²) in [5.74, 6) is 0.768. The maximum atomic E-state index is 12.0. The molecule has 0 aromatic heterocycles. The third kappa shape index (κ3) is 4.28. The van der Waals surface area contributed by atoms with Crippen molar-refractivity contribution in [1.82, 2.24) is 15.5 Å². The average Bonchev–Trinajstić information content (AvgIpc) is 3.33. The number of benzene rings is 1. The van der Waals surface area contributed by atoms with Gasteiger partial charge < -0.3 is 15.5 Å². The van der Waals surface area contributed by atoms with Crippen LogP contribution in [0.4, 0.5) is 4.79 Å². The molecule has 1 saturated heterocycles. The number of hydrogen-bond acceptors (Lipinski definition) is 2. The van der Waals surface area contributed by atoms with Crippen LogP contribution in [0, 0.1) is 12.8 Å². The van der Waals surface area contributed by atoms with Crippen molar-refractivity contribution >= 4 is 11.9 Å². The first-order valence-electron chi connectivity index (χ1n) is 8.90. The lowest BCUT2D eigenvalue weighted by Gasteiger charge is -2.17. The first kappa shape index (κ1) is 16.8. The van der Waals surface area contributed by atoms with Gasteiger partial charge in [0.1, 0.15) is 0 Å². The number of urea groups is 1. The molecule has 2 aliphatic rings. The molecule has 0 radical (unpaired) electrons. The Hall–Kier alpha value is -2.04. The van der Waals surface area contributed by atoms with Crippen LogP contribution in [0.3, 0.4) is 0 Å². The van der Waals surface area contributed by atoms with E-state index in [9.17, 15) is 9.59 Å². The van der Waals surface area contributed by atoms with E-state index in [-0.39, 0.29) is 23.8 Å². The van der Waals surface area contributed by atoms with Gasteiger partial charge in [-0.2, -0.15) is 0 Å². The zero-order valence-corrected chi connectivity index (χ0v) is 14.5. The molecule has 5 heteroatoms. The van der Waals surface area contributed by atoms with Gasteiger partial charge >= 0.3 is 6.03 Å². The first-order valence-corrected chi connectivity index (χ1v) is 8.90. The summed E-state index contributed by atoms with van der Waals surface area (Å²) in [7, 11) is 0. The molecule has 3 amide bonds. The molecular weight excluding hydrogens is 302 g/mol. The molecule has 1 aromatic carbocycles. The molecule has 1 aliphatic heterocycles. The van der Waals surface area contributed by atoms with E-state index in [0.717, 1.165) is 19.4 Å². The maximum absolute atomic E-state index is 12.0. The zero-order chi connectivity index (χ0) is 17.1. The Bertz CT molecular complexity index is 612.